The summed E-state index contributed by atoms with van der Waals surface area (Å²) >= 11 is 1.88. The van der Waals surface area contributed by atoms with Crippen molar-refractivity contribution >= 4 is 11.8 Å². The third-order valence-electron chi connectivity index (χ3n) is 2.63. The van der Waals surface area contributed by atoms with Gasteiger partial charge in [-0.2, -0.15) is 11.8 Å². The Morgan fingerprint density at radius 3 is 2.44 bits per heavy atom. The zero-order valence-corrected chi connectivity index (χ0v) is 11.1. The molecule has 2 nitrogen and oxygen atoms in total. The first-order valence-corrected chi connectivity index (χ1v) is 6.94. The maximum Gasteiger partial charge on any atom is 0.115 e. The Kier molecular flexibility index (Phi) is 5.71. The molecule has 16 heavy (non-hydrogen) atoms. The van der Waals surface area contributed by atoms with Crippen LogP contribution in [-0.2, 0) is 6.42 Å². The van der Waals surface area contributed by atoms with Crippen LogP contribution >= 0.6 is 11.8 Å². The van der Waals surface area contributed by atoms with Gasteiger partial charge < -0.3 is 10.4 Å². The Labute approximate surface area is 102 Å². The summed E-state index contributed by atoms with van der Waals surface area (Å²) in [7, 11) is 0. The molecule has 0 aromatic heterocycles. The first-order valence-electron chi connectivity index (χ1n) is 5.66. The Morgan fingerprint density at radius 1 is 1.25 bits per heavy atom. The summed E-state index contributed by atoms with van der Waals surface area (Å²) < 4.78 is 0. The first kappa shape index (κ1) is 13.4. The molecule has 0 spiro atoms. The van der Waals surface area contributed by atoms with Crippen molar-refractivity contribution in [1.82, 2.24) is 5.32 Å². The van der Waals surface area contributed by atoms with Crippen molar-refractivity contribution in [2.24, 2.45) is 0 Å². The van der Waals surface area contributed by atoms with E-state index in [9.17, 15) is 5.11 Å². The van der Waals surface area contributed by atoms with Crippen LogP contribution in [0.1, 0.15) is 19.4 Å². The molecule has 0 aliphatic heterocycles. The third kappa shape index (κ3) is 4.90. The molecule has 2 unspecified atom stereocenters. The second-order valence-electron chi connectivity index (χ2n) is 4.23. The molecule has 0 saturated carbocycles. The van der Waals surface area contributed by atoms with E-state index in [1.54, 1.807) is 12.1 Å². The molecule has 2 atom stereocenters. The SMILES string of the molecule is CSC(C)CNC(C)Cc1ccc(O)cc1. The fourth-order valence-electron chi connectivity index (χ4n) is 1.51. The van der Waals surface area contributed by atoms with Crippen LogP contribution in [-0.4, -0.2) is 29.2 Å². The lowest BCUT2D eigenvalue weighted by atomic mass is 10.1. The molecule has 2 N–H and O–H groups in total. The standard InChI is InChI=1S/C13H21NOS/c1-10(14-9-11(2)16-3)8-12-4-6-13(15)7-5-12/h4-7,10-11,14-15H,8-9H2,1-3H3. The van der Waals surface area contributed by atoms with Crippen molar-refractivity contribution in [3.05, 3.63) is 29.8 Å². The number of aromatic hydroxyl groups is 1. The van der Waals surface area contributed by atoms with E-state index in [-0.39, 0.29) is 0 Å². The largest absolute Gasteiger partial charge is 0.508 e. The number of rotatable bonds is 6. The number of phenolic OH excluding ortho intramolecular Hbond substituents is 1. The highest BCUT2D eigenvalue weighted by Crippen LogP contribution is 2.11. The number of benzene rings is 1. The molecule has 0 bridgehead atoms. The van der Waals surface area contributed by atoms with Crippen molar-refractivity contribution in [2.45, 2.75) is 31.6 Å². The Hall–Kier alpha value is -0.670. The minimum Gasteiger partial charge on any atom is -0.508 e. The van der Waals surface area contributed by atoms with E-state index in [1.165, 1.54) is 5.56 Å². The summed E-state index contributed by atoms with van der Waals surface area (Å²) in [5.41, 5.74) is 1.26. The molecule has 1 aromatic carbocycles. The Bertz CT molecular complexity index is 299. The monoisotopic (exact) mass is 239 g/mol. The Balaban J connectivity index is 2.33. The van der Waals surface area contributed by atoms with Crippen LogP contribution in [0.25, 0.3) is 0 Å². The molecule has 0 aliphatic rings. The summed E-state index contributed by atoms with van der Waals surface area (Å²) in [5.74, 6) is 0.334. The second-order valence-corrected chi connectivity index (χ2v) is 5.50. The summed E-state index contributed by atoms with van der Waals surface area (Å²) in [5, 5.41) is 13.3. The Morgan fingerprint density at radius 2 is 1.88 bits per heavy atom. The highest BCUT2D eigenvalue weighted by Gasteiger charge is 2.05. The summed E-state index contributed by atoms with van der Waals surface area (Å²) in [6.45, 7) is 5.46. The van der Waals surface area contributed by atoms with E-state index in [0.29, 0.717) is 17.0 Å². The molecular weight excluding hydrogens is 218 g/mol. The minimum absolute atomic E-state index is 0.334. The van der Waals surface area contributed by atoms with Gasteiger partial charge >= 0.3 is 0 Å². The highest BCUT2D eigenvalue weighted by molar-refractivity contribution is 7.99. The first-order chi connectivity index (χ1) is 7.61. The van der Waals surface area contributed by atoms with Crippen molar-refractivity contribution in [2.75, 3.05) is 12.8 Å². The molecule has 0 fully saturated rings. The molecule has 1 rings (SSSR count). The minimum atomic E-state index is 0.334. The molecular formula is C13H21NOS. The summed E-state index contributed by atoms with van der Waals surface area (Å²) in [4.78, 5) is 0. The van der Waals surface area contributed by atoms with Gasteiger partial charge in [-0.3, -0.25) is 0 Å². The van der Waals surface area contributed by atoms with Crippen molar-refractivity contribution in [1.29, 1.82) is 0 Å². The van der Waals surface area contributed by atoms with Gasteiger partial charge in [0, 0.05) is 17.8 Å². The summed E-state index contributed by atoms with van der Waals surface area (Å²) in [6.07, 6.45) is 3.14. The van der Waals surface area contributed by atoms with Gasteiger partial charge in [-0.15, -0.1) is 0 Å². The van der Waals surface area contributed by atoms with Crippen LogP contribution in [0, 0.1) is 0 Å². The second kappa shape index (κ2) is 6.81. The van der Waals surface area contributed by atoms with Gasteiger partial charge in [-0.25, -0.2) is 0 Å². The molecule has 0 radical (unpaired) electrons. The fraction of sp³-hybridized carbons (Fsp3) is 0.538. The van der Waals surface area contributed by atoms with Gasteiger partial charge in [0.05, 0.1) is 0 Å². The van der Waals surface area contributed by atoms with E-state index < -0.39 is 0 Å². The van der Waals surface area contributed by atoms with Gasteiger partial charge in [0.15, 0.2) is 0 Å². The van der Waals surface area contributed by atoms with Crippen LogP contribution in [0.4, 0.5) is 0 Å². The van der Waals surface area contributed by atoms with Crippen LogP contribution in [0.5, 0.6) is 5.75 Å². The van der Waals surface area contributed by atoms with Crippen LogP contribution < -0.4 is 5.32 Å². The number of thioether (sulfide) groups is 1. The molecule has 0 amide bonds. The quantitative estimate of drug-likeness (QED) is 0.800. The number of hydrogen-bond donors (Lipinski definition) is 2. The maximum atomic E-state index is 9.18. The molecule has 3 heteroatoms. The summed E-state index contributed by atoms with van der Waals surface area (Å²) in [6, 6.07) is 7.91. The molecule has 0 aliphatic carbocycles. The van der Waals surface area contributed by atoms with Crippen LogP contribution in [0.15, 0.2) is 24.3 Å². The number of hydrogen-bond acceptors (Lipinski definition) is 3. The maximum absolute atomic E-state index is 9.18. The lowest BCUT2D eigenvalue weighted by molar-refractivity contribution is 0.474. The van der Waals surface area contributed by atoms with Crippen LogP contribution in [0.3, 0.4) is 0 Å². The van der Waals surface area contributed by atoms with Crippen LogP contribution in [0.2, 0.25) is 0 Å². The third-order valence-corrected chi connectivity index (χ3v) is 3.61. The van der Waals surface area contributed by atoms with E-state index in [0.717, 1.165) is 13.0 Å². The van der Waals surface area contributed by atoms with Gasteiger partial charge in [0.25, 0.3) is 0 Å². The molecule has 90 valence electrons. The van der Waals surface area contributed by atoms with Gasteiger partial charge in [0.1, 0.15) is 5.75 Å². The van der Waals surface area contributed by atoms with Gasteiger partial charge in [-0.1, -0.05) is 19.1 Å². The molecule has 0 saturated heterocycles. The zero-order chi connectivity index (χ0) is 12.0. The smallest absolute Gasteiger partial charge is 0.115 e. The average Bonchev–Trinajstić information content (AvgIpc) is 2.29. The highest BCUT2D eigenvalue weighted by atomic mass is 32.2. The van der Waals surface area contributed by atoms with Gasteiger partial charge in [-0.05, 0) is 37.3 Å². The lowest BCUT2D eigenvalue weighted by Gasteiger charge is -2.16. The van der Waals surface area contributed by atoms with E-state index >= 15 is 0 Å². The topological polar surface area (TPSA) is 32.3 Å². The predicted molar refractivity (Wildman–Crippen MR) is 72.3 cm³/mol. The van der Waals surface area contributed by atoms with Crippen molar-refractivity contribution < 1.29 is 5.11 Å². The number of nitrogens with one attached hydrogen (secondary N) is 1. The average molecular weight is 239 g/mol. The van der Waals surface area contributed by atoms with E-state index in [1.807, 2.05) is 23.9 Å². The normalized spacial score (nSPS) is 14.7. The van der Waals surface area contributed by atoms with E-state index in [2.05, 4.69) is 25.4 Å². The molecule has 1 aromatic rings. The van der Waals surface area contributed by atoms with Gasteiger partial charge in [0.2, 0.25) is 0 Å². The lowest BCUT2D eigenvalue weighted by Crippen LogP contribution is -2.32. The van der Waals surface area contributed by atoms with Crippen molar-refractivity contribution in [3.63, 3.8) is 0 Å². The number of phenols is 1. The fourth-order valence-corrected chi connectivity index (χ4v) is 1.77. The van der Waals surface area contributed by atoms with Crippen molar-refractivity contribution in [3.8, 4) is 5.75 Å². The predicted octanol–water partition coefficient (Wildman–Crippen LogP) is 2.66. The zero-order valence-electron chi connectivity index (χ0n) is 10.2. The van der Waals surface area contributed by atoms with E-state index in [4.69, 9.17) is 0 Å². The molecule has 0 heterocycles.